The molecule has 2 rings (SSSR count). The van der Waals surface area contributed by atoms with Crippen LogP contribution in [-0.2, 0) is 14.3 Å². The number of amides is 2. The summed E-state index contributed by atoms with van der Waals surface area (Å²) in [6.45, 7) is 1.33. The second kappa shape index (κ2) is 3.46. The lowest BCUT2D eigenvalue weighted by Crippen LogP contribution is -2.40. The van der Waals surface area contributed by atoms with Gasteiger partial charge in [0.2, 0.25) is 11.8 Å². The first-order chi connectivity index (χ1) is 6.27. The van der Waals surface area contributed by atoms with Crippen LogP contribution in [0.1, 0.15) is 25.7 Å². The maximum absolute atomic E-state index is 11.3. The van der Waals surface area contributed by atoms with Gasteiger partial charge < -0.3 is 4.74 Å². The van der Waals surface area contributed by atoms with Crippen molar-refractivity contribution in [1.29, 1.82) is 0 Å². The molecule has 0 aromatic carbocycles. The summed E-state index contributed by atoms with van der Waals surface area (Å²) in [7, 11) is 0. The third-order valence-electron chi connectivity index (χ3n) is 2.46. The second-order valence-electron chi connectivity index (χ2n) is 3.54. The average molecular weight is 183 g/mol. The zero-order valence-electron chi connectivity index (χ0n) is 7.49. The summed E-state index contributed by atoms with van der Waals surface area (Å²) >= 11 is 0. The van der Waals surface area contributed by atoms with Gasteiger partial charge in [0.15, 0.2) is 0 Å². The van der Waals surface area contributed by atoms with Gasteiger partial charge in [-0.15, -0.1) is 0 Å². The summed E-state index contributed by atoms with van der Waals surface area (Å²) in [6, 6.07) is 0. The monoisotopic (exact) mass is 183 g/mol. The van der Waals surface area contributed by atoms with Crippen LogP contribution in [0.5, 0.6) is 0 Å². The molecular formula is C9H13NO3. The van der Waals surface area contributed by atoms with Crippen molar-refractivity contribution in [2.45, 2.75) is 31.8 Å². The minimum atomic E-state index is -0.0168. The van der Waals surface area contributed by atoms with Gasteiger partial charge in [-0.2, -0.15) is 0 Å². The molecule has 4 nitrogen and oxygen atoms in total. The van der Waals surface area contributed by atoms with Crippen LogP contribution in [0.3, 0.4) is 0 Å². The van der Waals surface area contributed by atoms with Gasteiger partial charge >= 0.3 is 0 Å². The van der Waals surface area contributed by atoms with Crippen molar-refractivity contribution in [2.24, 2.45) is 0 Å². The highest BCUT2D eigenvalue weighted by molar-refractivity contribution is 5.97. The molecule has 0 aromatic rings. The Morgan fingerprint density at radius 1 is 1.31 bits per heavy atom. The van der Waals surface area contributed by atoms with Gasteiger partial charge in [-0.3, -0.25) is 14.5 Å². The molecular weight excluding hydrogens is 170 g/mol. The van der Waals surface area contributed by atoms with E-state index in [9.17, 15) is 9.59 Å². The number of piperidine rings is 1. The Balaban J connectivity index is 1.85. The molecule has 2 aliphatic rings. The largest absolute Gasteiger partial charge is 0.373 e. The predicted octanol–water partition coefficient (Wildman–Crippen LogP) is 0.314. The Hall–Kier alpha value is -0.900. The lowest BCUT2D eigenvalue weighted by atomic mass is 10.1. The van der Waals surface area contributed by atoms with Crippen molar-refractivity contribution < 1.29 is 14.3 Å². The van der Waals surface area contributed by atoms with E-state index in [-0.39, 0.29) is 11.8 Å². The standard InChI is InChI=1S/C9H13NO3/c11-8-2-1-3-9(12)10(8)5-4-7-6-13-7/h7H,1-6H2. The topological polar surface area (TPSA) is 49.9 Å². The fraction of sp³-hybridized carbons (Fsp3) is 0.778. The van der Waals surface area contributed by atoms with Gasteiger partial charge in [-0.05, 0) is 12.8 Å². The number of carbonyl (C=O) groups excluding carboxylic acids is 2. The molecule has 0 aliphatic carbocycles. The molecule has 2 amide bonds. The van der Waals surface area contributed by atoms with Crippen LogP contribution in [0, 0.1) is 0 Å². The number of epoxide rings is 1. The van der Waals surface area contributed by atoms with Crippen molar-refractivity contribution in [2.75, 3.05) is 13.2 Å². The number of ether oxygens (including phenoxy) is 1. The summed E-state index contributed by atoms with van der Waals surface area (Å²) in [5, 5.41) is 0. The third kappa shape index (κ3) is 2.06. The van der Waals surface area contributed by atoms with Crippen molar-refractivity contribution in [3.05, 3.63) is 0 Å². The zero-order chi connectivity index (χ0) is 9.26. The summed E-state index contributed by atoms with van der Waals surface area (Å²) < 4.78 is 5.02. The molecule has 2 saturated heterocycles. The third-order valence-corrected chi connectivity index (χ3v) is 2.46. The smallest absolute Gasteiger partial charge is 0.229 e. The summed E-state index contributed by atoms with van der Waals surface area (Å²) in [6.07, 6.45) is 2.86. The van der Waals surface area contributed by atoms with Gasteiger partial charge in [-0.25, -0.2) is 0 Å². The minimum absolute atomic E-state index is 0.0168. The Morgan fingerprint density at radius 2 is 1.92 bits per heavy atom. The molecule has 1 unspecified atom stereocenters. The second-order valence-corrected chi connectivity index (χ2v) is 3.54. The Bertz CT molecular complexity index is 219. The van der Waals surface area contributed by atoms with E-state index in [0.29, 0.717) is 31.9 Å². The molecule has 2 heterocycles. The van der Waals surface area contributed by atoms with Gasteiger partial charge in [-0.1, -0.05) is 0 Å². The molecule has 0 spiro atoms. The Morgan fingerprint density at radius 3 is 2.46 bits per heavy atom. The maximum atomic E-state index is 11.3. The average Bonchev–Trinajstić information content (AvgIpc) is 2.87. The Labute approximate surface area is 76.8 Å². The molecule has 2 aliphatic heterocycles. The minimum Gasteiger partial charge on any atom is -0.373 e. The molecule has 0 aromatic heterocycles. The quantitative estimate of drug-likeness (QED) is 0.467. The highest BCUT2D eigenvalue weighted by atomic mass is 16.6. The van der Waals surface area contributed by atoms with Crippen LogP contribution < -0.4 is 0 Å². The molecule has 2 fully saturated rings. The molecule has 0 radical (unpaired) electrons. The van der Waals surface area contributed by atoms with E-state index < -0.39 is 0 Å². The zero-order valence-corrected chi connectivity index (χ0v) is 7.49. The number of nitrogens with zero attached hydrogens (tertiary/aromatic N) is 1. The highest BCUT2D eigenvalue weighted by Crippen LogP contribution is 2.17. The van der Waals surface area contributed by atoms with E-state index in [1.54, 1.807) is 0 Å². The van der Waals surface area contributed by atoms with Gasteiger partial charge in [0.1, 0.15) is 0 Å². The van der Waals surface area contributed by atoms with Crippen LogP contribution in [0.15, 0.2) is 0 Å². The molecule has 0 saturated carbocycles. The normalized spacial score (nSPS) is 28.0. The Kier molecular flexibility index (Phi) is 2.31. The fourth-order valence-electron chi connectivity index (χ4n) is 1.56. The number of hydrogen-bond acceptors (Lipinski definition) is 3. The van der Waals surface area contributed by atoms with E-state index in [4.69, 9.17) is 4.74 Å². The lowest BCUT2D eigenvalue weighted by molar-refractivity contribution is -0.148. The lowest BCUT2D eigenvalue weighted by Gasteiger charge is -2.24. The number of carbonyl (C=O) groups is 2. The van der Waals surface area contributed by atoms with Crippen LogP contribution >= 0.6 is 0 Å². The first-order valence-corrected chi connectivity index (χ1v) is 4.72. The summed E-state index contributed by atoms with van der Waals surface area (Å²) in [4.78, 5) is 24.0. The molecule has 0 bridgehead atoms. The predicted molar refractivity (Wildman–Crippen MR) is 44.9 cm³/mol. The summed E-state index contributed by atoms with van der Waals surface area (Å²) in [5.41, 5.74) is 0. The van der Waals surface area contributed by atoms with E-state index >= 15 is 0 Å². The highest BCUT2D eigenvalue weighted by Gasteiger charge is 2.29. The van der Waals surface area contributed by atoms with Gasteiger partial charge in [0, 0.05) is 19.4 Å². The van der Waals surface area contributed by atoms with E-state index in [0.717, 1.165) is 13.0 Å². The molecule has 72 valence electrons. The molecule has 0 N–H and O–H groups in total. The molecule has 1 atom stereocenters. The molecule has 4 heteroatoms. The van der Waals surface area contributed by atoms with Crippen LogP contribution in [-0.4, -0.2) is 36.0 Å². The maximum Gasteiger partial charge on any atom is 0.229 e. The summed E-state index contributed by atoms with van der Waals surface area (Å²) in [5.74, 6) is -0.0335. The fourth-order valence-corrected chi connectivity index (χ4v) is 1.56. The van der Waals surface area contributed by atoms with E-state index in [1.807, 2.05) is 0 Å². The van der Waals surface area contributed by atoms with E-state index in [1.165, 1.54) is 4.90 Å². The number of rotatable bonds is 3. The van der Waals surface area contributed by atoms with Crippen molar-refractivity contribution in [1.82, 2.24) is 4.90 Å². The van der Waals surface area contributed by atoms with Crippen LogP contribution in [0.25, 0.3) is 0 Å². The first-order valence-electron chi connectivity index (χ1n) is 4.72. The number of hydrogen-bond donors (Lipinski definition) is 0. The van der Waals surface area contributed by atoms with Crippen molar-refractivity contribution >= 4 is 11.8 Å². The van der Waals surface area contributed by atoms with Crippen LogP contribution in [0.2, 0.25) is 0 Å². The SMILES string of the molecule is O=C1CCCC(=O)N1CCC1CO1. The van der Waals surface area contributed by atoms with Crippen LogP contribution in [0.4, 0.5) is 0 Å². The number of likely N-dealkylation sites (tertiary alicyclic amines) is 1. The van der Waals surface area contributed by atoms with E-state index in [2.05, 4.69) is 0 Å². The molecule has 13 heavy (non-hydrogen) atoms. The first kappa shape index (κ1) is 8.69. The van der Waals surface area contributed by atoms with Crippen molar-refractivity contribution in [3.8, 4) is 0 Å². The van der Waals surface area contributed by atoms with Crippen molar-refractivity contribution in [3.63, 3.8) is 0 Å². The van der Waals surface area contributed by atoms with Gasteiger partial charge in [0.25, 0.3) is 0 Å². The number of imide groups is 1. The van der Waals surface area contributed by atoms with Gasteiger partial charge in [0.05, 0.1) is 12.7 Å².